The van der Waals surface area contributed by atoms with Gasteiger partial charge in [0.25, 0.3) is 0 Å². The quantitative estimate of drug-likeness (QED) is 0.571. The predicted molar refractivity (Wildman–Crippen MR) is 43.2 cm³/mol. The van der Waals surface area contributed by atoms with E-state index in [2.05, 4.69) is 38.3 Å². The molecule has 0 saturated carbocycles. The van der Waals surface area contributed by atoms with Gasteiger partial charge in [0.2, 0.25) is 0 Å². The second kappa shape index (κ2) is 2.31. The molecule has 0 spiro atoms. The summed E-state index contributed by atoms with van der Waals surface area (Å²) in [5.41, 5.74) is 0. The second-order valence-electron chi connectivity index (χ2n) is 2.50. The molecule has 2 rings (SSSR count). The molecule has 2 nitrogen and oxygen atoms in total. The number of nitrogens with zero attached hydrogens (tertiary/aromatic N) is 2. The van der Waals surface area contributed by atoms with Gasteiger partial charge in [0.05, 0.1) is 12.6 Å². The third-order valence-corrected chi connectivity index (χ3v) is 2.30. The molecule has 1 aliphatic carbocycles. The predicted octanol–water partition coefficient (Wildman–Crippen LogP) is 2.29. The molecule has 0 aromatic heterocycles. The lowest BCUT2D eigenvalue weighted by Crippen LogP contribution is -2.13. The van der Waals surface area contributed by atoms with Gasteiger partial charge in [-0.25, -0.2) is 0 Å². The highest BCUT2D eigenvalue weighted by Gasteiger charge is 2.23. The number of rotatable bonds is 0. The van der Waals surface area contributed by atoms with E-state index in [0.717, 1.165) is 11.0 Å². The van der Waals surface area contributed by atoms with Gasteiger partial charge in [-0.1, -0.05) is 34.2 Å². The molecular weight excluding hydrogens is 192 g/mol. The van der Waals surface area contributed by atoms with Crippen LogP contribution in [0.2, 0.25) is 0 Å². The SMILES string of the molecule is BrC1=CC2CN=NC2C=C1. The largest absolute Gasteiger partial charge is 0.193 e. The lowest BCUT2D eigenvalue weighted by molar-refractivity contribution is 0.659. The van der Waals surface area contributed by atoms with Crippen molar-refractivity contribution >= 4 is 15.9 Å². The van der Waals surface area contributed by atoms with E-state index in [1.807, 2.05) is 6.08 Å². The van der Waals surface area contributed by atoms with Crippen molar-refractivity contribution in [3.05, 3.63) is 22.7 Å². The van der Waals surface area contributed by atoms with Crippen LogP contribution in [0.1, 0.15) is 0 Å². The smallest absolute Gasteiger partial charge is 0.0973 e. The summed E-state index contributed by atoms with van der Waals surface area (Å²) in [6.07, 6.45) is 6.29. The Bertz CT molecular complexity index is 230. The summed E-state index contributed by atoms with van der Waals surface area (Å²) >= 11 is 3.42. The maximum Gasteiger partial charge on any atom is 0.0973 e. The van der Waals surface area contributed by atoms with E-state index < -0.39 is 0 Å². The van der Waals surface area contributed by atoms with Crippen LogP contribution in [0.5, 0.6) is 0 Å². The summed E-state index contributed by atoms with van der Waals surface area (Å²) in [6.45, 7) is 0.851. The summed E-state index contributed by atoms with van der Waals surface area (Å²) in [7, 11) is 0. The molecule has 2 unspecified atom stereocenters. The summed E-state index contributed by atoms with van der Waals surface area (Å²) < 4.78 is 1.15. The van der Waals surface area contributed by atoms with Crippen LogP contribution in [-0.2, 0) is 0 Å². The summed E-state index contributed by atoms with van der Waals surface area (Å²) in [5.74, 6) is 0.513. The van der Waals surface area contributed by atoms with Crippen molar-refractivity contribution in [3.8, 4) is 0 Å². The molecule has 0 amide bonds. The Hall–Kier alpha value is -0.440. The van der Waals surface area contributed by atoms with Crippen molar-refractivity contribution in [1.82, 2.24) is 0 Å². The number of hydrogen-bond acceptors (Lipinski definition) is 2. The van der Waals surface area contributed by atoms with E-state index >= 15 is 0 Å². The van der Waals surface area contributed by atoms with Crippen LogP contribution in [0.15, 0.2) is 32.9 Å². The lowest BCUT2D eigenvalue weighted by Gasteiger charge is -2.11. The zero-order valence-electron chi connectivity index (χ0n) is 5.37. The zero-order valence-corrected chi connectivity index (χ0v) is 6.95. The van der Waals surface area contributed by atoms with E-state index in [0.29, 0.717) is 12.0 Å². The zero-order chi connectivity index (χ0) is 6.97. The van der Waals surface area contributed by atoms with Gasteiger partial charge in [0.15, 0.2) is 0 Å². The molecule has 1 heterocycles. The van der Waals surface area contributed by atoms with E-state index in [9.17, 15) is 0 Å². The fraction of sp³-hybridized carbons (Fsp3) is 0.429. The molecule has 0 saturated heterocycles. The first-order chi connectivity index (χ1) is 4.86. The molecule has 1 aliphatic heterocycles. The van der Waals surface area contributed by atoms with E-state index in [1.54, 1.807) is 0 Å². The normalized spacial score (nSPS) is 35.9. The van der Waals surface area contributed by atoms with Crippen LogP contribution in [-0.4, -0.2) is 12.6 Å². The number of hydrogen-bond donors (Lipinski definition) is 0. The van der Waals surface area contributed by atoms with Gasteiger partial charge in [-0.2, -0.15) is 10.2 Å². The highest BCUT2D eigenvalue weighted by Crippen LogP contribution is 2.27. The van der Waals surface area contributed by atoms with Crippen molar-refractivity contribution < 1.29 is 0 Å². The second-order valence-corrected chi connectivity index (χ2v) is 3.42. The van der Waals surface area contributed by atoms with Gasteiger partial charge in [0.1, 0.15) is 0 Å². The first-order valence-corrected chi connectivity index (χ1v) is 4.08. The van der Waals surface area contributed by atoms with E-state index in [1.165, 1.54) is 0 Å². The highest BCUT2D eigenvalue weighted by atomic mass is 79.9. The van der Waals surface area contributed by atoms with Crippen molar-refractivity contribution in [2.24, 2.45) is 16.1 Å². The molecule has 0 fully saturated rings. The molecule has 10 heavy (non-hydrogen) atoms. The van der Waals surface area contributed by atoms with Crippen LogP contribution >= 0.6 is 15.9 Å². The first kappa shape index (κ1) is 6.28. The molecule has 0 bridgehead atoms. The Kier molecular flexibility index (Phi) is 1.45. The third kappa shape index (κ3) is 0.944. The van der Waals surface area contributed by atoms with Crippen molar-refractivity contribution in [2.75, 3.05) is 6.54 Å². The fourth-order valence-electron chi connectivity index (χ4n) is 1.21. The average Bonchev–Trinajstić information content (AvgIpc) is 2.33. The molecule has 0 aromatic rings. The Balaban J connectivity index is 2.25. The molecule has 2 aliphatic rings. The maximum absolute atomic E-state index is 4.06. The molecule has 2 atom stereocenters. The van der Waals surface area contributed by atoms with Gasteiger partial charge in [0, 0.05) is 10.4 Å². The van der Waals surface area contributed by atoms with Crippen LogP contribution in [0.25, 0.3) is 0 Å². The fourth-order valence-corrected chi connectivity index (χ4v) is 1.70. The average molecular weight is 199 g/mol. The van der Waals surface area contributed by atoms with Crippen molar-refractivity contribution in [2.45, 2.75) is 6.04 Å². The summed E-state index contributed by atoms with van der Waals surface area (Å²) in [4.78, 5) is 0. The molecule has 3 heteroatoms. The number of azo groups is 1. The van der Waals surface area contributed by atoms with Gasteiger partial charge in [-0.3, -0.25) is 0 Å². The first-order valence-electron chi connectivity index (χ1n) is 3.28. The minimum absolute atomic E-state index is 0.321. The van der Waals surface area contributed by atoms with E-state index in [-0.39, 0.29) is 0 Å². The number of allylic oxidation sites excluding steroid dienone is 2. The third-order valence-electron chi connectivity index (χ3n) is 1.77. The van der Waals surface area contributed by atoms with Crippen LogP contribution in [0.4, 0.5) is 0 Å². The Morgan fingerprint density at radius 2 is 2.50 bits per heavy atom. The molecule has 52 valence electrons. The van der Waals surface area contributed by atoms with E-state index in [4.69, 9.17) is 0 Å². The van der Waals surface area contributed by atoms with Crippen LogP contribution in [0, 0.1) is 5.92 Å². The monoisotopic (exact) mass is 198 g/mol. The summed E-state index contributed by atoms with van der Waals surface area (Å²) in [5, 5.41) is 8.04. The van der Waals surface area contributed by atoms with Gasteiger partial charge < -0.3 is 0 Å². The Morgan fingerprint density at radius 1 is 1.60 bits per heavy atom. The van der Waals surface area contributed by atoms with Crippen molar-refractivity contribution in [1.29, 1.82) is 0 Å². The topological polar surface area (TPSA) is 24.7 Å². The number of fused-ring (bicyclic) bond motifs is 1. The lowest BCUT2D eigenvalue weighted by atomic mass is 9.97. The minimum Gasteiger partial charge on any atom is -0.193 e. The van der Waals surface area contributed by atoms with Crippen LogP contribution in [0.3, 0.4) is 0 Å². The Labute approximate surface area is 67.9 Å². The van der Waals surface area contributed by atoms with Gasteiger partial charge in [-0.15, -0.1) is 0 Å². The standard InChI is InChI=1S/C7H7BrN2/c8-6-1-2-7-5(3-6)4-9-10-7/h1-3,5,7H,4H2. The maximum atomic E-state index is 4.06. The minimum atomic E-state index is 0.321. The Morgan fingerprint density at radius 3 is 3.40 bits per heavy atom. The highest BCUT2D eigenvalue weighted by molar-refractivity contribution is 9.11. The van der Waals surface area contributed by atoms with Crippen molar-refractivity contribution in [3.63, 3.8) is 0 Å². The molecule has 0 aromatic carbocycles. The molecule has 0 N–H and O–H groups in total. The van der Waals surface area contributed by atoms with Gasteiger partial charge in [-0.05, 0) is 0 Å². The number of halogens is 1. The molecular formula is C7H7BrN2. The van der Waals surface area contributed by atoms with Crippen LogP contribution < -0.4 is 0 Å². The summed E-state index contributed by atoms with van der Waals surface area (Å²) in [6, 6.07) is 0.321. The van der Waals surface area contributed by atoms with Gasteiger partial charge >= 0.3 is 0 Å². The molecule has 0 radical (unpaired) electrons.